The van der Waals surface area contributed by atoms with Crippen molar-refractivity contribution in [1.29, 1.82) is 0 Å². The number of ether oxygens (including phenoxy) is 4. The van der Waals surface area contributed by atoms with Gasteiger partial charge in [-0.25, -0.2) is 28.0 Å². The van der Waals surface area contributed by atoms with Crippen molar-refractivity contribution >= 4 is 32.0 Å². The predicted octanol–water partition coefficient (Wildman–Crippen LogP) is 6.77. The SMILES string of the molecule is CCC(C(=O)O)N(C)C(N)=NP(=O)(OC(OC(=O)OCCCc1ccccc1)C(C)C)OC(OC(=O)OCCCc1ccccc1)C(C)C. The van der Waals surface area contributed by atoms with Gasteiger partial charge in [0, 0.05) is 18.9 Å². The summed E-state index contributed by atoms with van der Waals surface area (Å²) in [6.07, 6.45) is -2.68. The molecule has 272 valence electrons. The number of hydrogen-bond donors (Lipinski definition) is 2. The third-order valence-electron chi connectivity index (χ3n) is 7.06. The fraction of sp³-hybridized carbons (Fsp3) is 0.529. The van der Waals surface area contributed by atoms with E-state index in [9.17, 15) is 24.1 Å². The van der Waals surface area contributed by atoms with Gasteiger partial charge in [-0.2, -0.15) is 0 Å². The molecule has 49 heavy (non-hydrogen) atoms. The van der Waals surface area contributed by atoms with Crippen molar-refractivity contribution in [3.8, 4) is 0 Å². The van der Waals surface area contributed by atoms with E-state index in [1.165, 1.54) is 7.05 Å². The molecule has 0 aromatic heterocycles. The number of carbonyl (C=O) groups is 3. The minimum Gasteiger partial charge on any atom is -0.480 e. The fourth-order valence-electron chi connectivity index (χ4n) is 4.27. The molecule has 0 aliphatic carbocycles. The Kier molecular flexibility index (Phi) is 17.6. The number of nitrogens with zero attached hydrogens (tertiary/aromatic N) is 2. The lowest BCUT2D eigenvalue weighted by Gasteiger charge is -2.29. The largest absolute Gasteiger partial charge is 0.510 e. The van der Waals surface area contributed by atoms with Gasteiger partial charge in [-0.3, -0.25) is 0 Å². The number of aryl methyl sites for hydroxylation is 2. The van der Waals surface area contributed by atoms with Crippen molar-refractivity contribution in [1.82, 2.24) is 4.90 Å². The van der Waals surface area contributed by atoms with Gasteiger partial charge in [0.25, 0.3) is 0 Å². The molecule has 0 heterocycles. The number of carbonyl (C=O) groups excluding carboxylic acids is 2. The second kappa shape index (κ2) is 21.1. The molecule has 0 amide bonds. The summed E-state index contributed by atoms with van der Waals surface area (Å²) in [7, 11) is -3.48. The molecular formula is C34H50N3O11P. The Balaban J connectivity index is 2.19. The third kappa shape index (κ3) is 15.3. The zero-order valence-corrected chi connectivity index (χ0v) is 30.0. The molecule has 15 heteroatoms. The van der Waals surface area contributed by atoms with Crippen LogP contribution in [0.1, 0.15) is 65.0 Å². The zero-order valence-electron chi connectivity index (χ0n) is 29.1. The molecule has 2 rings (SSSR count). The molecule has 0 spiro atoms. The van der Waals surface area contributed by atoms with Gasteiger partial charge < -0.3 is 34.7 Å². The van der Waals surface area contributed by atoms with Crippen molar-refractivity contribution in [3.63, 3.8) is 0 Å². The smallest absolute Gasteiger partial charge is 0.480 e. The highest BCUT2D eigenvalue weighted by Crippen LogP contribution is 2.54. The lowest BCUT2D eigenvalue weighted by Crippen LogP contribution is -2.45. The van der Waals surface area contributed by atoms with E-state index in [1.807, 2.05) is 60.7 Å². The first-order valence-electron chi connectivity index (χ1n) is 16.3. The van der Waals surface area contributed by atoms with E-state index in [4.69, 9.17) is 33.7 Å². The molecule has 3 N–H and O–H groups in total. The number of aliphatic carboxylic acids is 1. The first-order valence-corrected chi connectivity index (χ1v) is 17.8. The molecule has 14 nitrogen and oxygen atoms in total. The Morgan fingerprint density at radius 2 is 1.20 bits per heavy atom. The molecule has 0 fully saturated rings. The van der Waals surface area contributed by atoms with Crippen LogP contribution in [-0.2, 0) is 50.2 Å². The van der Waals surface area contributed by atoms with E-state index in [1.54, 1.807) is 34.6 Å². The quantitative estimate of drug-likeness (QED) is 0.0367. The number of carboxylic acid groups (broad SMARTS) is 1. The van der Waals surface area contributed by atoms with Gasteiger partial charge in [-0.15, -0.1) is 4.76 Å². The van der Waals surface area contributed by atoms with E-state index in [0.717, 1.165) is 16.0 Å². The maximum absolute atomic E-state index is 14.3. The number of nitrogens with two attached hydrogens (primary N) is 1. The lowest BCUT2D eigenvalue weighted by atomic mass is 10.1. The summed E-state index contributed by atoms with van der Waals surface area (Å²) in [5.41, 5.74) is 8.25. The predicted molar refractivity (Wildman–Crippen MR) is 183 cm³/mol. The van der Waals surface area contributed by atoms with E-state index in [0.29, 0.717) is 25.7 Å². The van der Waals surface area contributed by atoms with Crippen molar-refractivity contribution in [2.24, 2.45) is 22.3 Å². The molecule has 0 aliphatic heterocycles. The standard InChI is InChI=1S/C34H50N3O11P/c1-7-28(29(38)39)37(6)32(35)36-49(42,47-30(24(2)3)45-33(40)43-22-14-20-26-16-10-8-11-17-26)48-31(25(4)5)46-34(41)44-23-15-21-27-18-12-9-13-19-27/h8-13,16-19,24-25,28,30-31H,7,14-15,20-23H2,1-6H3,(H,38,39)(H2,35,36,42). The van der Waals surface area contributed by atoms with Crippen LogP contribution in [0.5, 0.6) is 0 Å². The first kappa shape index (κ1) is 41.0. The van der Waals surface area contributed by atoms with Crippen LogP contribution in [0.25, 0.3) is 0 Å². The van der Waals surface area contributed by atoms with Crippen LogP contribution in [0, 0.1) is 11.8 Å². The molecule has 2 aromatic carbocycles. The van der Waals surface area contributed by atoms with Crippen LogP contribution in [0.15, 0.2) is 65.4 Å². The normalized spacial score (nSPS) is 14.7. The molecule has 0 saturated carbocycles. The van der Waals surface area contributed by atoms with Gasteiger partial charge in [0.2, 0.25) is 18.5 Å². The minimum atomic E-state index is -4.82. The highest BCUT2D eigenvalue weighted by atomic mass is 31.2. The highest BCUT2D eigenvalue weighted by Gasteiger charge is 2.39. The monoisotopic (exact) mass is 707 g/mol. The van der Waals surface area contributed by atoms with Gasteiger partial charge in [-0.05, 0) is 43.2 Å². The number of benzene rings is 2. The lowest BCUT2D eigenvalue weighted by molar-refractivity contribution is -0.141. The van der Waals surface area contributed by atoms with E-state index >= 15 is 0 Å². The number of hydrogen-bond acceptors (Lipinski definition) is 10. The molecule has 3 atom stereocenters. The van der Waals surface area contributed by atoms with Crippen LogP contribution in [0.3, 0.4) is 0 Å². The van der Waals surface area contributed by atoms with Gasteiger partial charge in [0.1, 0.15) is 6.04 Å². The first-order chi connectivity index (χ1) is 23.2. The maximum Gasteiger partial charge on any atom is 0.510 e. The average molecular weight is 708 g/mol. The van der Waals surface area contributed by atoms with Crippen molar-refractivity contribution in [2.45, 2.75) is 85.3 Å². The van der Waals surface area contributed by atoms with Crippen molar-refractivity contribution < 1.29 is 52.1 Å². The van der Waals surface area contributed by atoms with Crippen LogP contribution in [0.4, 0.5) is 9.59 Å². The Hall–Kier alpha value is -4.13. The summed E-state index contributed by atoms with van der Waals surface area (Å²) in [4.78, 5) is 38.1. The Labute approximate surface area is 288 Å². The van der Waals surface area contributed by atoms with Gasteiger partial charge >= 0.3 is 26.0 Å². The number of carboxylic acids is 1. The summed E-state index contributed by atoms with van der Waals surface area (Å²) in [6.45, 7) is 8.21. The summed E-state index contributed by atoms with van der Waals surface area (Å²) >= 11 is 0. The Bertz CT molecular complexity index is 1300. The molecule has 0 aliphatic rings. The number of guanidine groups is 1. The molecule has 3 unspecified atom stereocenters. The van der Waals surface area contributed by atoms with Gasteiger partial charge in [0.15, 0.2) is 0 Å². The van der Waals surface area contributed by atoms with E-state index in [-0.39, 0.29) is 19.6 Å². The Morgan fingerprint density at radius 1 is 0.796 bits per heavy atom. The van der Waals surface area contributed by atoms with Crippen molar-refractivity contribution in [2.75, 3.05) is 20.3 Å². The number of likely N-dealkylation sites (N-methyl/N-ethyl adjacent to an activating group) is 1. The fourth-order valence-corrected chi connectivity index (χ4v) is 5.91. The molecule has 0 saturated heterocycles. The molecular weight excluding hydrogens is 657 g/mol. The summed E-state index contributed by atoms with van der Waals surface area (Å²) < 4.78 is 50.7. The van der Waals surface area contributed by atoms with Crippen molar-refractivity contribution in [3.05, 3.63) is 71.8 Å². The van der Waals surface area contributed by atoms with Crippen LogP contribution < -0.4 is 5.73 Å². The van der Waals surface area contributed by atoms with Gasteiger partial charge in [0.05, 0.1) is 13.2 Å². The maximum atomic E-state index is 14.3. The van der Waals surface area contributed by atoms with Gasteiger partial charge in [-0.1, -0.05) is 95.3 Å². The van der Waals surface area contributed by atoms with Crippen LogP contribution in [-0.4, -0.2) is 73.1 Å². The highest BCUT2D eigenvalue weighted by molar-refractivity contribution is 7.52. The molecule has 0 bridgehead atoms. The Morgan fingerprint density at radius 3 is 1.55 bits per heavy atom. The number of rotatable bonds is 20. The molecule has 0 radical (unpaired) electrons. The van der Waals surface area contributed by atoms with Crippen LogP contribution in [0.2, 0.25) is 0 Å². The summed E-state index contributed by atoms with van der Waals surface area (Å²) in [6, 6.07) is 18.2. The van der Waals surface area contributed by atoms with Crippen LogP contribution >= 0.6 is 7.75 Å². The second-order valence-electron chi connectivity index (χ2n) is 11.8. The summed E-state index contributed by atoms with van der Waals surface area (Å²) in [5.74, 6) is -2.90. The topological polar surface area (TPSA) is 186 Å². The average Bonchev–Trinajstić information content (AvgIpc) is 3.05. The molecule has 2 aromatic rings. The second-order valence-corrected chi connectivity index (χ2v) is 13.4. The van der Waals surface area contributed by atoms with E-state index < -0.39 is 62.4 Å². The zero-order chi connectivity index (χ0) is 36.4. The van der Waals surface area contributed by atoms with E-state index in [2.05, 4.69) is 4.76 Å². The third-order valence-corrected chi connectivity index (χ3v) is 8.46. The minimum absolute atomic E-state index is 0.0485. The summed E-state index contributed by atoms with van der Waals surface area (Å²) in [5, 5.41) is 9.61.